The van der Waals surface area contributed by atoms with E-state index in [0.29, 0.717) is 18.8 Å². The molecule has 206 valence electrons. The fraction of sp³-hybridized carbons (Fsp3) is 0.394. The second-order valence-electron chi connectivity index (χ2n) is 10.6. The number of aryl methyl sites for hydroxylation is 2. The van der Waals surface area contributed by atoms with E-state index in [0.717, 1.165) is 41.5 Å². The minimum atomic E-state index is -1.20. The molecule has 1 fully saturated rings. The van der Waals surface area contributed by atoms with Gasteiger partial charge >= 0.3 is 11.9 Å². The standard InChI is InChI=1S/C33H38O6/c1-6-8-24-20-25(33(7-2)38-17-18-39-33)11-12-26(24)28-19-23(10-9-21(28)3)13-15-32(5)16-14-27(30(34)35)29(22(32)4)31(36)37/h9-16,19-20,27H,6-8,17-18H2,1-5H3,(H,34,35)(H,36,37)/b15-13-. The Bertz CT molecular complexity index is 1360. The Labute approximate surface area is 230 Å². The topological polar surface area (TPSA) is 93.1 Å². The number of carboxylic acid groups (broad SMARTS) is 2. The van der Waals surface area contributed by atoms with Crippen molar-refractivity contribution in [3.05, 3.63) is 88.0 Å². The summed E-state index contributed by atoms with van der Waals surface area (Å²) >= 11 is 0. The average Bonchev–Trinajstić information content (AvgIpc) is 3.40. The van der Waals surface area contributed by atoms with Crippen LogP contribution in [0.25, 0.3) is 17.2 Å². The van der Waals surface area contributed by atoms with E-state index in [1.54, 1.807) is 13.0 Å². The highest BCUT2D eigenvalue weighted by molar-refractivity contribution is 5.96. The third kappa shape index (κ3) is 5.49. The van der Waals surface area contributed by atoms with Crippen LogP contribution in [-0.2, 0) is 31.3 Å². The Balaban J connectivity index is 1.72. The van der Waals surface area contributed by atoms with Gasteiger partial charge in [0.2, 0.25) is 0 Å². The Morgan fingerprint density at radius 3 is 2.36 bits per heavy atom. The molecule has 6 nitrogen and oxygen atoms in total. The van der Waals surface area contributed by atoms with Crippen LogP contribution in [0.15, 0.2) is 65.8 Å². The van der Waals surface area contributed by atoms with Crippen LogP contribution in [0.1, 0.15) is 62.8 Å². The van der Waals surface area contributed by atoms with Crippen LogP contribution in [0.2, 0.25) is 0 Å². The van der Waals surface area contributed by atoms with E-state index in [9.17, 15) is 19.8 Å². The van der Waals surface area contributed by atoms with Gasteiger partial charge in [0.05, 0.1) is 18.8 Å². The second-order valence-corrected chi connectivity index (χ2v) is 10.6. The first-order chi connectivity index (χ1) is 18.5. The Morgan fingerprint density at radius 2 is 1.74 bits per heavy atom. The molecule has 0 bridgehead atoms. The highest BCUT2D eigenvalue weighted by Gasteiger charge is 2.38. The number of carbonyl (C=O) groups is 2. The summed E-state index contributed by atoms with van der Waals surface area (Å²) < 4.78 is 12.1. The predicted octanol–water partition coefficient (Wildman–Crippen LogP) is 6.92. The lowest BCUT2D eigenvalue weighted by Crippen LogP contribution is -2.29. The van der Waals surface area contributed by atoms with Gasteiger partial charge < -0.3 is 19.7 Å². The Kier molecular flexibility index (Phi) is 8.28. The summed E-state index contributed by atoms with van der Waals surface area (Å²) in [5.41, 5.74) is 6.49. The van der Waals surface area contributed by atoms with Gasteiger partial charge in [-0.25, -0.2) is 4.79 Å². The zero-order valence-electron chi connectivity index (χ0n) is 23.4. The Morgan fingerprint density at radius 1 is 1.03 bits per heavy atom. The monoisotopic (exact) mass is 530 g/mol. The van der Waals surface area contributed by atoms with Crippen molar-refractivity contribution in [2.45, 2.75) is 59.7 Å². The normalized spacial score (nSPS) is 22.5. The minimum Gasteiger partial charge on any atom is -0.481 e. The lowest BCUT2D eigenvalue weighted by molar-refractivity contribution is -0.167. The average molecular weight is 531 g/mol. The van der Waals surface area contributed by atoms with Crippen LogP contribution < -0.4 is 0 Å². The SMILES string of the molecule is CCCc1cc(C2(CC)OCCO2)ccc1-c1cc(/C=C\C2(C)C=CC(C(=O)O)C(C(=O)O)=C2C)ccc1C. The first-order valence-corrected chi connectivity index (χ1v) is 13.6. The number of carboxylic acids is 2. The van der Waals surface area contributed by atoms with Gasteiger partial charge in [0, 0.05) is 17.4 Å². The number of aliphatic carboxylic acids is 2. The number of hydrogen-bond donors (Lipinski definition) is 2. The summed E-state index contributed by atoms with van der Waals surface area (Å²) in [5, 5.41) is 19.2. The van der Waals surface area contributed by atoms with Crippen molar-refractivity contribution in [1.82, 2.24) is 0 Å². The third-order valence-corrected chi connectivity index (χ3v) is 8.11. The van der Waals surface area contributed by atoms with Crippen molar-refractivity contribution in [2.24, 2.45) is 11.3 Å². The van der Waals surface area contributed by atoms with E-state index in [2.05, 4.69) is 51.1 Å². The summed E-state index contributed by atoms with van der Waals surface area (Å²) in [4.78, 5) is 23.6. The van der Waals surface area contributed by atoms with E-state index in [1.807, 2.05) is 25.1 Å². The van der Waals surface area contributed by atoms with Crippen LogP contribution in [0.5, 0.6) is 0 Å². The van der Waals surface area contributed by atoms with Gasteiger partial charge in [0.15, 0.2) is 5.79 Å². The molecule has 2 atom stereocenters. The van der Waals surface area contributed by atoms with E-state index >= 15 is 0 Å². The van der Waals surface area contributed by atoms with Gasteiger partial charge in [0.25, 0.3) is 0 Å². The number of benzene rings is 2. The molecule has 2 unspecified atom stereocenters. The molecule has 2 aromatic carbocycles. The van der Waals surface area contributed by atoms with Crippen LogP contribution in [0, 0.1) is 18.3 Å². The molecular formula is C33H38O6. The summed E-state index contributed by atoms with van der Waals surface area (Å²) in [5.74, 6) is -4.20. The Hall–Kier alpha value is -3.48. The van der Waals surface area contributed by atoms with E-state index in [1.165, 1.54) is 17.2 Å². The van der Waals surface area contributed by atoms with E-state index in [4.69, 9.17) is 9.47 Å². The molecule has 0 amide bonds. The molecule has 2 N–H and O–H groups in total. The smallest absolute Gasteiger partial charge is 0.332 e. The van der Waals surface area contributed by atoms with E-state index in [-0.39, 0.29) is 5.57 Å². The van der Waals surface area contributed by atoms with Crippen molar-refractivity contribution < 1.29 is 29.3 Å². The molecule has 0 radical (unpaired) electrons. The minimum absolute atomic E-state index is 0.0777. The van der Waals surface area contributed by atoms with Crippen molar-refractivity contribution in [3.8, 4) is 11.1 Å². The van der Waals surface area contributed by atoms with Gasteiger partial charge in [-0.15, -0.1) is 0 Å². The number of ether oxygens (including phenoxy) is 2. The summed E-state index contributed by atoms with van der Waals surface area (Å²) in [6, 6.07) is 12.8. The van der Waals surface area contributed by atoms with Crippen molar-refractivity contribution >= 4 is 18.0 Å². The predicted molar refractivity (Wildman–Crippen MR) is 152 cm³/mol. The largest absolute Gasteiger partial charge is 0.481 e. The molecule has 6 heteroatoms. The molecule has 1 saturated heterocycles. The summed E-state index contributed by atoms with van der Waals surface area (Å²) in [6.07, 6.45) is 9.88. The number of rotatable bonds is 9. The second kappa shape index (κ2) is 11.3. The van der Waals surface area contributed by atoms with Gasteiger partial charge in [-0.2, -0.15) is 0 Å². The van der Waals surface area contributed by atoms with Crippen LogP contribution in [-0.4, -0.2) is 35.4 Å². The first kappa shape index (κ1) is 28.5. The molecule has 0 spiro atoms. The summed E-state index contributed by atoms with van der Waals surface area (Å²) in [6.45, 7) is 11.2. The number of hydrogen-bond acceptors (Lipinski definition) is 4. The third-order valence-electron chi connectivity index (χ3n) is 8.11. The molecule has 2 aromatic rings. The fourth-order valence-electron chi connectivity index (χ4n) is 5.62. The highest BCUT2D eigenvalue weighted by atomic mass is 16.7. The number of allylic oxidation sites excluding steroid dienone is 3. The van der Waals surface area contributed by atoms with Crippen LogP contribution >= 0.6 is 0 Å². The first-order valence-electron chi connectivity index (χ1n) is 13.6. The van der Waals surface area contributed by atoms with Crippen LogP contribution in [0.3, 0.4) is 0 Å². The highest BCUT2D eigenvalue weighted by Crippen LogP contribution is 2.41. The fourth-order valence-corrected chi connectivity index (χ4v) is 5.62. The molecule has 2 aliphatic rings. The van der Waals surface area contributed by atoms with Gasteiger partial charge in [-0.3, -0.25) is 4.79 Å². The lowest BCUT2D eigenvalue weighted by atomic mass is 9.72. The van der Waals surface area contributed by atoms with Gasteiger partial charge in [-0.05, 0) is 72.7 Å². The van der Waals surface area contributed by atoms with Gasteiger partial charge in [0.1, 0.15) is 5.92 Å². The maximum Gasteiger partial charge on any atom is 0.332 e. The zero-order valence-corrected chi connectivity index (χ0v) is 23.4. The molecule has 0 aromatic heterocycles. The van der Waals surface area contributed by atoms with Gasteiger partial charge in [-0.1, -0.05) is 68.8 Å². The van der Waals surface area contributed by atoms with E-state index < -0.39 is 29.1 Å². The molecule has 1 aliphatic heterocycles. The van der Waals surface area contributed by atoms with Crippen LogP contribution in [0.4, 0.5) is 0 Å². The molecular weight excluding hydrogens is 492 g/mol. The van der Waals surface area contributed by atoms with Crippen molar-refractivity contribution in [3.63, 3.8) is 0 Å². The molecule has 0 saturated carbocycles. The lowest BCUT2D eigenvalue weighted by Gasteiger charge is -2.31. The van der Waals surface area contributed by atoms with Crippen molar-refractivity contribution in [1.29, 1.82) is 0 Å². The zero-order chi connectivity index (χ0) is 28.4. The van der Waals surface area contributed by atoms with Crippen molar-refractivity contribution in [2.75, 3.05) is 13.2 Å². The maximum atomic E-state index is 11.9. The molecule has 1 aliphatic carbocycles. The molecule has 4 rings (SSSR count). The quantitative estimate of drug-likeness (QED) is 0.342. The maximum absolute atomic E-state index is 11.9. The summed E-state index contributed by atoms with van der Waals surface area (Å²) in [7, 11) is 0. The molecule has 1 heterocycles. The molecule has 39 heavy (non-hydrogen) atoms.